The number of carbonyl (C=O) groups excluding carboxylic acids is 1. The zero-order valence-corrected chi connectivity index (χ0v) is 13.5. The largest absolute Gasteiger partial charge is 0.496 e. The Hall–Kier alpha value is -2.38. The van der Waals surface area contributed by atoms with Crippen molar-refractivity contribution in [1.29, 1.82) is 0 Å². The highest BCUT2D eigenvalue weighted by atomic mass is 32.1. The molecule has 1 heterocycles. The monoisotopic (exact) mass is 334 g/mol. The first kappa shape index (κ1) is 17.0. The number of ether oxygens (including phenoxy) is 1. The molecule has 0 aliphatic rings. The van der Waals surface area contributed by atoms with Gasteiger partial charge in [0.15, 0.2) is 0 Å². The van der Waals surface area contributed by atoms with E-state index in [1.165, 1.54) is 23.3 Å². The summed E-state index contributed by atoms with van der Waals surface area (Å²) in [5, 5.41) is 10.9. The van der Waals surface area contributed by atoms with E-state index in [0.29, 0.717) is 11.3 Å². The quantitative estimate of drug-likeness (QED) is 0.806. The van der Waals surface area contributed by atoms with Crippen molar-refractivity contribution in [3.63, 3.8) is 0 Å². The molecular weight excluding hydrogens is 316 g/mol. The third-order valence-corrected chi connectivity index (χ3v) is 4.17. The van der Waals surface area contributed by atoms with Crippen LogP contribution in [0.2, 0.25) is 0 Å². The first-order valence-corrected chi connectivity index (χ1v) is 7.82. The van der Waals surface area contributed by atoms with Crippen LogP contribution in [0.3, 0.4) is 0 Å². The van der Waals surface area contributed by atoms with E-state index < -0.39 is 24.5 Å². The minimum absolute atomic E-state index is 0.214. The molecule has 2 rings (SSSR count). The predicted molar refractivity (Wildman–Crippen MR) is 87.3 cm³/mol. The van der Waals surface area contributed by atoms with Crippen molar-refractivity contribution in [2.45, 2.75) is 12.6 Å². The summed E-state index contributed by atoms with van der Waals surface area (Å²) in [4.78, 5) is 25.9. The summed E-state index contributed by atoms with van der Waals surface area (Å²) in [6.45, 7) is -0.189. The molecule has 7 heteroatoms. The molecule has 0 fully saturated rings. The van der Waals surface area contributed by atoms with Gasteiger partial charge in [-0.25, -0.2) is 0 Å². The first-order valence-electron chi connectivity index (χ1n) is 6.94. The van der Waals surface area contributed by atoms with Crippen molar-refractivity contribution in [3.05, 3.63) is 52.2 Å². The van der Waals surface area contributed by atoms with E-state index >= 15 is 0 Å². The molecule has 0 saturated heterocycles. The molecule has 23 heavy (non-hydrogen) atoms. The molecule has 1 aromatic carbocycles. The second kappa shape index (κ2) is 7.75. The molecule has 6 nitrogen and oxygen atoms in total. The van der Waals surface area contributed by atoms with Gasteiger partial charge >= 0.3 is 5.97 Å². The van der Waals surface area contributed by atoms with Gasteiger partial charge < -0.3 is 20.5 Å². The number of nitrogens with two attached hydrogens (primary N) is 1. The van der Waals surface area contributed by atoms with Gasteiger partial charge in [-0.15, -0.1) is 11.3 Å². The van der Waals surface area contributed by atoms with Crippen LogP contribution in [0.1, 0.15) is 16.5 Å². The number of hydrogen-bond donors (Lipinski definition) is 2. The predicted octanol–water partition coefficient (Wildman–Crippen LogP) is 1.87. The zero-order chi connectivity index (χ0) is 16.8. The fraction of sp³-hybridized carbons (Fsp3) is 0.250. The lowest BCUT2D eigenvalue weighted by Gasteiger charge is -2.24. The maximum Gasteiger partial charge on any atom is 0.323 e. The van der Waals surface area contributed by atoms with Gasteiger partial charge in [-0.3, -0.25) is 9.59 Å². The third kappa shape index (κ3) is 4.30. The van der Waals surface area contributed by atoms with Crippen LogP contribution in [0.25, 0.3) is 0 Å². The van der Waals surface area contributed by atoms with E-state index in [1.807, 2.05) is 17.5 Å². The van der Waals surface area contributed by atoms with E-state index in [2.05, 4.69) is 0 Å². The van der Waals surface area contributed by atoms with E-state index in [-0.39, 0.29) is 6.54 Å². The maximum absolute atomic E-state index is 12.7. The molecule has 122 valence electrons. The Labute approximate surface area is 138 Å². The summed E-state index contributed by atoms with van der Waals surface area (Å²) >= 11 is 1.46. The summed E-state index contributed by atoms with van der Waals surface area (Å²) in [6, 6.07) is 9.66. The van der Waals surface area contributed by atoms with Crippen LogP contribution < -0.4 is 10.5 Å². The third-order valence-electron chi connectivity index (χ3n) is 3.30. The molecule has 0 aliphatic carbocycles. The number of para-hydroxylation sites is 1. The minimum Gasteiger partial charge on any atom is -0.496 e. The number of amides is 1. The highest BCUT2D eigenvalue weighted by molar-refractivity contribution is 7.09. The van der Waals surface area contributed by atoms with Crippen molar-refractivity contribution in [2.24, 2.45) is 5.73 Å². The Morgan fingerprint density at radius 2 is 2.04 bits per heavy atom. The van der Waals surface area contributed by atoms with Crippen molar-refractivity contribution in [3.8, 4) is 5.75 Å². The molecular formula is C16H18N2O4S. The molecule has 0 saturated carbocycles. The standard InChI is InChI=1S/C16H18N2O4S/c1-22-13-7-3-2-6-12(13)15(17)16(21)18(10-14(19)20)9-11-5-4-8-23-11/h2-8,15H,9-10,17H2,1H3,(H,19,20)/t15-/m1/s1. The minimum atomic E-state index is -1.08. The fourth-order valence-electron chi connectivity index (χ4n) is 2.22. The molecule has 0 unspecified atom stereocenters. The van der Waals surface area contributed by atoms with Gasteiger partial charge in [-0.2, -0.15) is 0 Å². The number of carboxylic acids is 1. The number of hydrogen-bond acceptors (Lipinski definition) is 5. The van der Waals surface area contributed by atoms with E-state index in [9.17, 15) is 9.59 Å². The van der Waals surface area contributed by atoms with Gasteiger partial charge in [0.05, 0.1) is 13.7 Å². The average molecular weight is 334 g/mol. The lowest BCUT2D eigenvalue weighted by atomic mass is 10.1. The fourth-order valence-corrected chi connectivity index (χ4v) is 2.94. The van der Waals surface area contributed by atoms with Crippen LogP contribution in [0.5, 0.6) is 5.75 Å². The topological polar surface area (TPSA) is 92.9 Å². The maximum atomic E-state index is 12.7. The molecule has 2 aromatic rings. The summed E-state index contributed by atoms with van der Waals surface area (Å²) in [5.41, 5.74) is 6.59. The van der Waals surface area contributed by atoms with Crippen LogP contribution in [-0.2, 0) is 16.1 Å². The molecule has 0 spiro atoms. The van der Waals surface area contributed by atoms with Gasteiger partial charge in [0.2, 0.25) is 5.91 Å². The van der Waals surface area contributed by atoms with E-state index in [1.54, 1.807) is 24.3 Å². The second-order valence-corrected chi connectivity index (χ2v) is 5.92. The number of carbonyl (C=O) groups is 2. The summed E-state index contributed by atoms with van der Waals surface area (Å²) in [5.74, 6) is -1.04. The van der Waals surface area contributed by atoms with Crippen LogP contribution in [0.15, 0.2) is 41.8 Å². The zero-order valence-electron chi connectivity index (χ0n) is 12.6. The number of rotatable bonds is 7. The number of benzene rings is 1. The lowest BCUT2D eigenvalue weighted by molar-refractivity contribution is -0.145. The lowest BCUT2D eigenvalue weighted by Crippen LogP contribution is -2.41. The van der Waals surface area contributed by atoms with Crippen LogP contribution in [0, 0.1) is 0 Å². The Morgan fingerprint density at radius 3 is 2.65 bits per heavy atom. The highest BCUT2D eigenvalue weighted by Gasteiger charge is 2.26. The molecule has 0 bridgehead atoms. The molecule has 0 radical (unpaired) electrons. The van der Waals surface area contributed by atoms with E-state index in [0.717, 1.165) is 4.88 Å². The van der Waals surface area contributed by atoms with Crippen molar-refractivity contribution >= 4 is 23.2 Å². The van der Waals surface area contributed by atoms with Gasteiger partial charge in [0.1, 0.15) is 18.3 Å². The normalized spacial score (nSPS) is 11.7. The SMILES string of the molecule is COc1ccccc1[C@@H](N)C(=O)N(CC(=O)O)Cc1cccs1. The number of thiophene rings is 1. The Morgan fingerprint density at radius 1 is 1.30 bits per heavy atom. The Balaban J connectivity index is 2.23. The van der Waals surface area contributed by atoms with Gasteiger partial charge in [0.25, 0.3) is 0 Å². The summed E-state index contributed by atoms with van der Waals surface area (Å²) < 4.78 is 5.22. The number of nitrogens with zero attached hydrogens (tertiary/aromatic N) is 1. The Bertz CT molecular complexity index is 672. The van der Waals surface area contributed by atoms with Gasteiger partial charge in [-0.1, -0.05) is 24.3 Å². The Kier molecular flexibility index (Phi) is 5.72. The number of aliphatic carboxylic acids is 1. The van der Waals surface area contributed by atoms with E-state index in [4.69, 9.17) is 15.6 Å². The molecule has 0 aliphatic heterocycles. The summed E-state index contributed by atoms with van der Waals surface area (Å²) in [6.07, 6.45) is 0. The molecule has 3 N–H and O–H groups in total. The number of methoxy groups -OCH3 is 1. The van der Waals surface area contributed by atoms with Crippen LogP contribution in [-0.4, -0.2) is 35.5 Å². The van der Waals surface area contributed by atoms with Crippen molar-refractivity contribution in [2.75, 3.05) is 13.7 Å². The van der Waals surface area contributed by atoms with Gasteiger partial charge in [0, 0.05) is 10.4 Å². The molecule has 1 amide bonds. The van der Waals surface area contributed by atoms with Gasteiger partial charge in [-0.05, 0) is 17.5 Å². The first-order chi connectivity index (χ1) is 11.0. The average Bonchev–Trinajstić information content (AvgIpc) is 3.05. The second-order valence-electron chi connectivity index (χ2n) is 4.89. The smallest absolute Gasteiger partial charge is 0.323 e. The summed E-state index contributed by atoms with van der Waals surface area (Å²) in [7, 11) is 1.50. The molecule has 1 aromatic heterocycles. The molecule has 1 atom stereocenters. The number of carboxylic acid groups (broad SMARTS) is 1. The van der Waals surface area contributed by atoms with Crippen molar-refractivity contribution < 1.29 is 19.4 Å². The van der Waals surface area contributed by atoms with Crippen LogP contribution in [0.4, 0.5) is 0 Å². The van der Waals surface area contributed by atoms with Crippen LogP contribution >= 0.6 is 11.3 Å². The highest BCUT2D eigenvalue weighted by Crippen LogP contribution is 2.25. The van der Waals surface area contributed by atoms with Crippen molar-refractivity contribution in [1.82, 2.24) is 4.90 Å².